The number of hydrogen-bond donors (Lipinski definition) is 2. The maximum atomic E-state index is 14.5. The molecule has 0 bridgehead atoms. The van der Waals surface area contributed by atoms with Gasteiger partial charge in [-0.2, -0.15) is 0 Å². The minimum absolute atomic E-state index is 0.155. The molecule has 1 fully saturated rings. The molecule has 174 valence electrons. The first-order valence-electron chi connectivity index (χ1n) is 11.4. The van der Waals surface area contributed by atoms with Crippen LogP contribution in [0.5, 0.6) is 0 Å². The number of aromatic nitrogens is 3. The Morgan fingerprint density at radius 1 is 1.15 bits per heavy atom. The maximum Gasteiger partial charge on any atom is 0.192 e. The Morgan fingerprint density at radius 3 is 2.73 bits per heavy atom. The summed E-state index contributed by atoms with van der Waals surface area (Å²) >= 11 is 0. The Morgan fingerprint density at radius 2 is 1.97 bits per heavy atom. The molecule has 33 heavy (non-hydrogen) atoms. The lowest BCUT2D eigenvalue weighted by molar-refractivity contribution is 0.462. The van der Waals surface area contributed by atoms with Crippen LogP contribution in [0.15, 0.2) is 53.5 Å². The van der Waals surface area contributed by atoms with Crippen LogP contribution in [0.1, 0.15) is 35.6 Å². The van der Waals surface area contributed by atoms with Gasteiger partial charge in [-0.05, 0) is 49.9 Å². The third kappa shape index (κ3) is 5.88. The van der Waals surface area contributed by atoms with E-state index in [0.717, 1.165) is 54.7 Å². The van der Waals surface area contributed by atoms with E-state index in [1.165, 1.54) is 0 Å². The molecule has 2 heterocycles. The van der Waals surface area contributed by atoms with Crippen molar-refractivity contribution in [2.75, 3.05) is 18.0 Å². The minimum Gasteiger partial charge on any atom is -0.367 e. The molecule has 4 rings (SSSR count). The Kier molecular flexibility index (Phi) is 7.22. The average molecular weight is 450 g/mol. The molecule has 0 aliphatic carbocycles. The van der Waals surface area contributed by atoms with Crippen LogP contribution in [0.3, 0.4) is 0 Å². The summed E-state index contributed by atoms with van der Waals surface area (Å²) in [5.41, 5.74) is 2.87. The summed E-state index contributed by atoms with van der Waals surface area (Å²) < 4.78 is 16.5. The topological polar surface area (TPSA) is 70.4 Å². The zero-order valence-electron chi connectivity index (χ0n) is 19.6. The van der Waals surface area contributed by atoms with Crippen LogP contribution in [-0.4, -0.2) is 39.9 Å². The van der Waals surface area contributed by atoms with Crippen molar-refractivity contribution in [3.8, 4) is 0 Å². The fourth-order valence-corrected chi connectivity index (χ4v) is 4.05. The van der Waals surface area contributed by atoms with Crippen LogP contribution in [-0.2, 0) is 20.1 Å². The van der Waals surface area contributed by atoms with Gasteiger partial charge in [0.05, 0.1) is 18.8 Å². The highest BCUT2D eigenvalue weighted by atomic mass is 19.1. The highest BCUT2D eigenvalue weighted by Gasteiger charge is 2.23. The SMILES string of the molecule is Cc1ccc(F)c(N2CCCC(NC(=NCc3ccccc3)NCc3nnc(C)n3C)C2)c1. The normalized spacial score (nSPS) is 16.7. The Balaban J connectivity index is 1.47. The molecule has 2 N–H and O–H groups in total. The Labute approximate surface area is 194 Å². The van der Waals surface area contributed by atoms with Crippen molar-refractivity contribution in [3.63, 3.8) is 0 Å². The van der Waals surface area contributed by atoms with Gasteiger partial charge in [-0.3, -0.25) is 0 Å². The van der Waals surface area contributed by atoms with Crippen molar-refractivity contribution in [2.24, 2.45) is 12.0 Å². The van der Waals surface area contributed by atoms with E-state index in [1.807, 2.05) is 55.8 Å². The first kappa shape index (κ1) is 22.8. The van der Waals surface area contributed by atoms with Gasteiger partial charge in [0.1, 0.15) is 11.6 Å². The maximum absolute atomic E-state index is 14.5. The monoisotopic (exact) mass is 449 g/mol. The molecule has 1 atom stereocenters. The molecular formula is C25H32FN7. The van der Waals surface area contributed by atoms with Crippen molar-refractivity contribution >= 4 is 11.6 Å². The number of nitrogens with zero attached hydrogens (tertiary/aromatic N) is 5. The molecule has 0 amide bonds. The summed E-state index contributed by atoms with van der Waals surface area (Å²) in [6, 6.07) is 15.6. The summed E-state index contributed by atoms with van der Waals surface area (Å²) in [7, 11) is 1.95. The van der Waals surface area contributed by atoms with Crippen LogP contribution < -0.4 is 15.5 Å². The number of benzene rings is 2. The van der Waals surface area contributed by atoms with Gasteiger partial charge in [0, 0.05) is 26.2 Å². The third-order valence-corrected chi connectivity index (χ3v) is 6.06. The fourth-order valence-electron chi connectivity index (χ4n) is 4.05. The number of aliphatic imine (C=N–C) groups is 1. The lowest BCUT2D eigenvalue weighted by Gasteiger charge is -2.35. The molecule has 3 aromatic rings. The van der Waals surface area contributed by atoms with Gasteiger partial charge < -0.3 is 20.1 Å². The molecule has 1 aliphatic rings. The number of hydrogen-bond acceptors (Lipinski definition) is 4. The van der Waals surface area contributed by atoms with E-state index in [4.69, 9.17) is 4.99 Å². The second kappa shape index (κ2) is 10.5. The zero-order chi connectivity index (χ0) is 23.2. The smallest absolute Gasteiger partial charge is 0.192 e. The molecule has 1 aliphatic heterocycles. The van der Waals surface area contributed by atoms with Crippen LogP contribution in [0.25, 0.3) is 0 Å². The molecular weight excluding hydrogens is 417 g/mol. The molecule has 2 aromatic carbocycles. The molecule has 0 radical (unpaired) electrons. The van der Waals surface area contributed by atoms with E-state index in [2.05, 4.69) is 37.9 Å². The molecule has 8 heteroatoms. The molecule has 1 saturated heterocycles. The molecule has 7 nitrogen and oxygen atoms in total. The summed E-state index contributed by atoms with van der Waals surface area (Å²) in [6.45, 7) is 6.57. The van der Waals surface area contributed by atoms with Crippen molar-refractivity contribution < 1.29 is 4.39 Å². The van der Waals surface area contributed by atoms with Crippen LogP contribution in [0, 0.1) is 19.7 Å². The first-order chi connectivity index (χ1) is 16.0. The number of aryl methyl sites for hydroxylation is 2. The standard InChI is InChI=1S/C25H32FN7/c1-18-11-12-22(26)23(14-18)33-13-7-10-21(17-33)29-25(27-15-20-8-5-4-6-9-20)28-16-24-31-30-19(2)32(24)3/h4-6,8-9,11-12,14,21H,7,10,13,15-17H2,1-3H3,(H2,27,28,29). The second-order valence-corrected chi connectivity index (χ2v) is 8.61. The van der Waals surface area contributed by atoms with E-state index in [0.29, 0.717) is 18.8 Å². The van der Waals surface area contributed by atoms with Crippen molar-refractivity contribution in [1.82, 2.24) is 25.4 Å². The molecule has 0 spiro atoms. The quantitative estimate of drug-likeness (QED) is 0.445. The number of nitrogens with one attached hydrogen (secondary N) is 2. The predicted octanol–water partition coefficient (Wildman–Crippen LogP) is 3.48. The van der Waals surface area contributed by atoms with E-state index >= 15 is 0 Å². The third-order valence-electron chi connectivity index (χ3n) is 6.06. The largest absolute Gasteiger partial charge is 0.367 e. The summed E-state index contributed by atoms with van der Waals surface area (Å²) in [4.78, 5) is 6.94. The predicted molar refractivity (Wildman–Crippen MR) is 130 cm³/mol. The highest BCUT2D eigenvalue weighted by molar-refractivity contribution is 5.80. The summed E-state index contributed by atoms with van der Waals surface area (Å²) in [6.07, 6.45) is 1.98. The van der Waals surface area contributed by atoms with Gasteiger partial charge in [-0.15, -0.1) is 10.2 Å². The van der Waals surface area contributed by atoms with E-state index in [1.54, 1.807) is 6.07 Å². The number of rotatable bonds is 6. The summed E-state index contributed by atoms with van der Waals surface area (Å²) in [5.74, 6) is 2.26. The fraction of sp³-hybridized carbons (Fsp3) is 0.400. The van der Waals surface area contributed by atoms with Crippen LogP contribution in [0.4, 0.5) is 10.1 Å². The van der Waals surface area contributed by atoms with Gasteiger partial charge in [0.15, 0.2) is 11.8 Å². The first-order valence-corrected chi connectivity index (χ1v) is 11.4. The molecule has 1 unspecified atom stereocenters. The van der Waals surface area contributed by atoms with E-state index < -0.39 is 0 Å². The lowest BCUT2D eigenvalue weighted by Crippen LogP contribution is -2.51. The van der Waals surface area contributed by atoms with Gasteiger partial charge >= 0.3 is 0 Å². The van der Waals surface area contributed by atoms with Crippen molar-refractivity contribution in [2.45, 2.75) is 45.8 Å². The van der Waals surface area contributed by atoms with Gasteiger partial charge in [-0.25, -0.2) is 9.38 Å². The van der Waals surface area contributed by atoms with Crippen molar-refractivity contribution in [1.29, 1.82) is 0 Å². The zero-order valence-corrected chi connectivity index (χ0v) is 19.6. The lowest BCUT2D eigenvalue weighted by atomic mass is 10.0. The highest BCUT2D eigenvalue weighted by Crippen LogP contribution is 2.24. The number of guanidine groups is 1. The number of piperidine rings is 1. The number of halogens is 1. The van der Waals surface area contributed by atoms with Crippen molar-refractivity contribution in [3.05, 3.63) is 77.1 Å². The average Bonchev–Trinajstić information content (AvgIpc) is 3.15. The van der Waals surface area contributed by atoms with E-state index in [-0.39, 0.29) is 11.9 Å². The van der Waals surface area contributed by atoms with Crippen LogP contribution >= 0.6 is 0 Å². The van der Waals surface area contributed by atoms with Gasteiger partial charge in [0.2, 0.25) is 0 Å². The summed E-state index contributed by atoms with van der Waals surface area (Å²) in [5, 5.41) is 15.4. The Hall–Kier alpha value is -3.42. The molecule has 0 saturated carbocycles. The minimum atomic E-state index is -0.171. The number of anilines is 1. The Bertz CT molecular complexity index is 1090. The van der Waals surface area contributed by atoms with E-state index in [9.17, 15) is 4.39 Å². The van der Waals surface area contributed by atoms with Gasteiger partial charge in [0.25, 0.3) is 0 Å². The van der Waals surface area contributed by atoms with Gasteiger partial charge in [-0.1, -0.05) is 36.4 Å². The molecule has 1 aromatic heterocycles. The second-order valence-electron chi connectivity index (χ2n) is 8.61. The van der Waals surface area contributed by atoms with Crippen LogP contribution in [0.2, 0.25) is 0 Å².